The van der Waals surface area contributed by atoms with Gasteiger partial charge in [0.25, 0.3) is 0 Å². The molecule has 22 heavy (non-hydrogen) atoms. The third-order valence-corrected chi connectivity index (χ3v) is 3.79. The van der Waals surface area contributed by atoms with Crippen molar-refractivity contribution in [2.75, 3.05) is 5.75 Å². The maximum atomic E-state index is 12.8. The molecule has 3 aromatic rings. The Kier molecular flexibility index (Phi) is 3.73. The summed E-state index contributed by atoms with van der Waals surface area (Å²) in [5, 5.41) is 10.9. The van der Waals surface area contributed by atoms with Gasteiger partial charge in [-0.15, -0.1) is 22.0 Å². The quantitative estimate of drug-likeness (QED) is 0.691. The molecule has 0 amide bonds. The lowest BCUT2D eigenvalue weighted by atomic mass is 10.3. The van der Waals surface area contributed by atoms with Gasteiger partial charge in [0, 0.05) is 6.20 Å². The summed E-state index contributed by atoms with van der Waals surface area (Å²) < 4.78 is 39.8. The Balaban J connectivity index is 2.19. The second kappa shape index (κ2) is 5.56. The molecular formula is C13H10F3N5S. The van der Waals surface area contributed by atoms with Crippen molar-refractivity contribution in [3.63, 3.8) is 0 Å². The van der Waals surface area contributed by atoms with E-state index in [1.807, 2.05) is 13.0 Å². The molecule has 0 aliphatic heterocycles. The van der Waals surface area contributed by atoms with Crippen LogP contribution in [0.3, 0.4) is 0 Å². The van der Waals surface area contributed by atoms with Gasteiger partial charge in [0.2, 0.25) is 0 Å². The second-order valence-electron chi connectivity index (χ2n) is 4.31. The van der Waals surface area contributed by atoms with E-state index in [1.54, 1.807) is 12.3 Å². The van der Waals surface area contributed by atoms with Gasteiger partial charge in [-0.05, 0) is 24.0 Å². The van der Waals surface area contributed by atoms with Crippen LogP contribution in [0.1, 0.15) is 12.6 Å². The van der Waals surface area contributed by atoms with Crippen molar-refractivity contribution in [3.05, 3.63) is 36.3 Å². The fourth-order valence-corrected chi connectivity index (χ4v) is 2.70. The highest BCUT2D eigenvalue weighted by Gasteiger charge is 2.34. The van der Waals surface area contributed by atoms with Crippen LogP contribution in [0.5, 0.6) is 0 Å². The molecule has 9 heteroatoms. The summed E-state index contributed by atoms with van der Waals surface area (Å²) in [5.74, 6) is 1.29. The molecule has 0 saturated heterocycles. The summed E-state index contributed by atoms with van der Waals surface area (Å²) in [4.78, 5) is 5.07. The highest BCUT2D eigenvalue weighted by atomic mass is 32.2. The molecule has 3 heterocycles. The number of aromatic nitrogens is 5. The summed E-state index contributed by atoms with van der Waals surface area (Å²) >= 11 is 1.54. The molecule has 0 spiro atoms. The van der Waals surface area contributed by atoms with E-state index >= 15 is 0 Å². The third kappa shape index (κ3) is 2.63. The highest BCUT2D eigenvalue weighted by Crippen LogP contribution is 2.30. The van der Waals surface area contributed by atoms with Crippen molar-refractivity contribution < 1.29 is 13.2 Å². The fourth-order valence-electron chi connectivity index (χ4n) is 1.94. The van der Waals surface area contributed by atoms with Crippen LogP contribution in [0, 0.1) is 0 Å². The molecule has 0 bridgehead atoms. The van der Waals surface area contributed by atoms with Crippen molar-refractivity contribution in [2.45, 2.75) is 18.0 Å². The molecule has 0 unspecified atom stereocenters. The molecule has 3 aromatic heterocycles. The standard InChI is InChI=1S/C13H10F3N5S/c1-2-22-10-4-3-5-17-12(10)21-9-6-11(13(14,15)16)20-19-8(9)7-18-21/h3-7H,2H2,1H3. The molecule has 5 nitrogen and oxygen atoms in total. The predicted octanol–water partition coefficient (Wildman–Crippen LogP) is 3.34. The topological polar surface area (TPSA) is 56.5 Å². The maximum Gasteiger partial charge on any atom is 0.435 e. The van der Waals surface area contributed by atoms with Crippen LogP contribution < -0.4 is 0 Å². The number of rotatable bonds is 3. The molecule has 0 aliphatic carbocycles. The molecule has 0 N–H and O–H groups in total. The van der Waals surface area contributed by atoms with Crippen LogP contribution >= 0.6 is 11.8 Å². The molecule has 0 radical (unpaired) electrons. The number of hydrogen-bond acceptors (Lipinski definition) is 5. The first-order valence-electron chi connectivity index (χ1n) is 6.37. The summed E-state index contributed by atoms with van der Waals surface area (Å²) in [6, 6.07) is 4.56. The molecular weight excluding hydrogens is 315 g/mol. The van der Waals surface area contributed by atoms with E-state index in [0.29, 0.717) is 5.82 Å². The average Bonchev–Trinajstić information content (AvgIpc) is 2.90. The number of pyridine rings is 1. The Morgan fingerprint density at radius 3 is 2.82 bits per heavy atom. The van der Waals surface area contributed by atoms with E-state index in [9.17, 15) is 13.2 Å². The third-order valence-electron chi connectivity index (χ3n) is 2.87. The summed E-state index contributed by atoms with van der Waals surface area (Å²) in [6.07, 6.45) is -1.61. The predicted molar refractivity (Wildman–Crippen MR) is 75.9 cm³/mol. The lowest BCUT2D eigenvalue weighted by Crippen LogP contribution is -2.10. The zero-order chi connectivity index (χ0) is 15.7. The Morgan fingerprint density at radius 1 is 1.27 bits per heavy atom. The van der Waals surface area contributed by atoms with E-state index in [1.165, 1.54) is 22.6 Å². The van der Waals surface area contributed by atoms with Gasteiger partial charge in [-0.2, -0.15) is 18.3 Å². The van der Waals surface area contributed by atoms with E-state index in [4.69, 9.17) is 0 Å². The number of thioether (sulfide) groups is 1. The van der Waals surface area contributed by atoms with Crippen LogP contribution in [0.25, 0.3) is 16.9 Å². The monoisotopic (exact) mass is 325 g/mol. The molecule has 0 fully saturated rings. The van der Waals surface area contributed by atoms with Crippen LogP contribution in [-0.2, 0) is 6.18 Å². The summed E-state index contributed by atoms with van der Waals surface area (Å²) in [7, 11) is 0. The van der Waals surface area contributed by atoms with Gasteiger partial charge >= 0.3 is 6.18 Å². The summed E-state index contributed by atoms with van der Waals surface area (Å²) in [5.41, 5.74) is -0.549. The van der Waals surface area contributed by atoms with Crippen molar-refractivity contribution in [1.82, 2.24) is 25.0 Å². The van der Waals surface area contributed by atoms with Crippen molar-refractivity contribution >= 4 is 22.8 Å². The van der Waals surface area contributed by atoms with Gasteiger partial charge < -0.3 is 0 Å². The minimum Gasteiger partial charge on any atom is -0.236 e. The lowest BCUT2D eigenvalue weighted by molar-refractivity contribution is -0.141. The van der Waals surface area contributed by atoms with E-state index in [-0.39, 0.29) is 11.0 Å². The van der Waals surface area contributed by atoms with Gasteiger partial charge in [-0.25, -0.2) is 9.67 Å². The van der Waals surface area contributed by atoms with Crippen LogP contribution in [0.15, 0.2) is 35.5 Å². The lowest BCUT2D eigenvalue weighted by Gasteiger charge is -2.09. The van der Waals surface area contributed by atoms with Crippen molar-refractivity contribution in [3.8, 4) is 5.82 Å². The molecule has 0 aliphatic rings. The van der Waals surface area contributed by atoms with E-state index < -0.39 is 11.9 Å². The fraction of sp³-hybridized carbons (Fsp3) is 0.231. The number of fused-ring (bicyclic) bond motifs is 1. The van der Waals surface area contributed by atoms with Crippen LogP contribution in [0.4, 0.5) is 13.2 Å². The Labute approximate surface area is 127 Å². The maximum absolute atomic E-state index is 12.8. The smallest absolute Gasteiger partial charge is 0.236 e. The van der Waals surface area contributed by atoms with Gasteiger partial charge in [-0.3, -0.25) is 0 Å². The summed E-state index contributed by atoms with van der Waals surface area (Å²) in [6.45, 7) is 1.98. The van der Waals surface area contributed by atoms with Gasteiger partial charge in [0.05, 0.1) is 16.6 Å². The Bertz CT molecular complexity index is 815. The number of hydrogen-bond donors (Lipinski definition) is 0. The molecule has 3 rings (SSSR count). The molecule has 0 atom stereocenters. The minimum absolute atomic E-state index is 0.221. The van der Waals surface area contributed by atoms with Gasteiger partial charge in [0.1, 0.15) is 5.52 Å². The van der Waals surface area contributed by atoms with E-state index in [2.05, 4.69) is 20.3 Å². The van der Waals surface area contributed by atoms with Gasteiger partial charge in [0.15, 0.2) is 11.5 Å². The zero-order valence-corrected chi connectivity index (χ0v) is 12.2. The molecule has 114 valence electrons. The van der Waals surface area contributed by atoms with Crippen molar-refractivity contribution in [1.29, 1.82) is 0 Å². The number of alkyl halides is 3. The highest BCUT2D eigenvalue weighted by molar-refractivity contribution is 7.99. The minimum atomic E-state index is -4.55. The first-order chi connectivity index (χ1) is 10.5. The largest absolute Gasteiger partial charge is 0.435 e. The second-order valence-corrected chi connectivity index (χ2v) is 5.62. The van der Waals surface area contributed by atoms with Crippen molar-refractivity contribution in [2.24, 2.45) is 0 Å². The van der Waals surface area contributed by atoms with Crippen LogP contribution in [0.2, 0.25) is 0 Å². The van der Waals surface area contributed by atoms with Gasteiger partial charge in [-0.1, -0.05) is 6.92 Å². The van der Waals surface area contributed by atoms with E-state index in [0.717, 1.165) is 16.7 Å². The number of halogens is 3. The number of nitrogens with zero attached hydrogens (tertiary/aromatic N) is 5. The Hall–Kier alpha value is -2.16. The SMILES string of the molecule is CCSc1cccnc1-n1ncc2nnc(C(F)(F)F)cc21. The molecule has 0 saturated carbocycles. The Morgan fingerprint density at radius 2 is 2.09 bits per heavy atom. The molecule has 0 aromatic carbocycles. The normalized spacial score (nSPS) is 12.0. The first-order valence-corrected chi connectivity index (χ1v) is 7.36. The van der Waals surface area contributed by atoms with Crippen LogP contribution in [-0.4, -0.2) is 30.7 Å². The first kappa shape index (κ1) is 14.8. The zero-order valence-electron chi connectivity index (χ0n) is 11.4. The average molecular weight is 325 g/mol.